The van der Waals surface area contributed by atoms with Crippen LogP contribution in [0.5, 0.6) is 0 Å². The van der Waals surface area contributed by atoms with E-state index >= 15 is 0 Å². The van der Waals surface area contributed by atoms with E-state index in [-0.39, 0.29) is 53.1 Å². The number of carbonyl (C=O) groups is 1. The van der Waals surface area contributed by atoms with E-state index in [0.717, 1.165) is 23.7 Å². The maximum atomic E-state index is 14.4. The Bertz CT molecular complexity index is 1730. The molecule has 3 aromatic carbocycles. The van der Waals surface area contributed by atoms with Crippen molar-refractivity contribution in [1.29, 1.82) is 0 Å². The van der Waals surface area contributed by atoms with Crippen molar-refractivity contribution in [2.45, 2.75) is 175 Å². The number of hydrogen-bond donors (Lipinski definition) is 1. The minimum absolute atomic E-state index is 0.00810. The van der Waals surface area contributed by atoms with E-state index in [2.05, 4.69) is 162 Å². The summed E-state index contributed by atoms with van der Waals surface area (Å²) >= 11 is 0. The Morgan fingerprint density at radius 1 is 0.692 bits per heavy atom. The summed E-state index contributed by atoms with van der Waals surface area (Å²) < 4.78 is 40.3. The monoisotopic (exact) mass is 951 g/mol. The first-order chi connectivity index (χ1) is 30.5. The van der Waals surface area contributed by atoms with Gasteiger partial charge in [-0.3, -0.25) is 4.79 Å². The summed E-state index contributed by atoms with van der Waals surface area (Å²) in [5.41, 5.74) is 1.11. The van der Waals surface area contributed by atoms with E-state index in [4.69, 9.17) is 27.5 Å². The summed E-state index contributed by atoms with van der Waals surface area (Å²) in [5, 5.41) is 14.4. The number of hydrogen-bond acceptors (Lipinski definition) is 8. The molecule has 11 heteroatoms. The number of ether oxygens (including phenoxy) is 3. The second-order valence-electron chi connectivity index (χ2n) is 21.3. The van der Waals surface area contributed by atoms with Gasteiger partial charge >= 0.3 is 0 Å². The number of methoxy groups -OCH3 is 1. The zero-order chi connectivity index (χ0) is 48.6. The van der Waals surface area contributed by atoms with E-state index in [9.17, 15) is 9.90 Å². The molecule has 0 aliphatic heterocycles. The predicted molar refractivity (Wildman–Crippen MR) is 277 cm³/mol. The lowest BCUT2D eigenvalue weighted by Crippen LogP contribution is -2.67. The van der Waals surface area contributed by atoms with Crippen molar-refractivity contribution in [3.8, 4) is 0 Å². The highest BCUT2D eigenvalue weighted by atomic mass is 28.4. The number of ketones is 1. The molecular weight excluding hydrogens is 861 g/mol. The molecule has 0 aliphatic carbocycles. The third-order valence-corrected chi connectivity index (χ3v) is 28.9. The predicted octanol–water partition coefficient (Wildman–Crippen LogP) is 11.8. The standard InChI is InChI=1S/C54H90O8Si3/c1-17-64(18-2,19-3)61-50(35-36-58-39-45-29-23-20-24-30-45)42(5)48(55)37-49(56)43(6)52(59-40-57-14)44(7)51(62-63(15,16)53(8,9)10)41(4)38-60-65(54(11,12)13,46-31-25-21-26-32-46)47-33-27-22-28-34-47/h20-34,41-44,49-52,56H,17-19,35-40H2,1-16H3/t41-,42+,43+,44-,49+,50+,51+,52+/m1/s1. The minimum Gasteiger partial charge on any atom is -0.413 e. The van der Waals surface area contributed by atoms with Crippen LogP contribution in [-0.4, -0.2) is 87.4 Å². The first kappa shape index (κ1) is 57.0. The molecule has 366 valence electrons. The Morgan fingerprint density at radius 2 is 1.20 bits per heavy atom. The molecule has 0 fully saturated rings. The molecule has 1 N–H and O–H groups in total. The molecule has 0 aromatic heterocycles. The topological polar surface area (TPSA) is 92.7 Å². The van der Waals surface area contributed by atoms with Crippen molar-refractivity contribution in [2.75, 3.05) is 27.1 Å². The first-order valence-electron chi connectivity index (χ1n) is 24.6. The molecule has 0 radical (unpaired) electrons. The maximum Gasteiger partial charge on any atom is 0.261 e. The van der Waals surface area contributed by atoms with Crippen molar-refractivity contribution < 1.29 is 37.4 Å². The Hall–Kier alpha value is -2.30. The first-order valence-corrected chi connectivity index (χ1v) is 31.9. The van der Waals surface area contributed by atoms with Gasteiger partial charge in [0.25, 0.3) is 8.32 Å². The normalized spacial score (nSPS) is 16.9. The van der Waals surface area contributed by atoms with Crippen molar-refractivity contribution in [3.63, 3.8) is 0 Å². The summed E-state index contributed by atoms with van der Waals surface area (Å²) in [6.07, 6.45) is -1.44. The van der Waals surface area contributed by atoms with E-state index in [0.29, 0.717) is 26.2 Å². The fraction of sp³-hybridized carbons (Fsp3) is 0.648. The quantitative estimate of drug-likeness (QED) is 0.0418. The molecular formula is C54H90O8Si3. The fourth-order valence-electron chi connectivity index (χ4n) is 9.19. The van der Waals surface area contributed by atoms with Gasteiger partial charge in [-0.15, -0.1) is 0 Å². The molecule has 0 heterocycles. The number of rotatable bonds is 29. The number of benzene rings is 3. The number of carbonyl (C=O) groups excluding carboxylic acids is 1. The SMILES string of the molecule is CC[Si](CC)(CC)O[C@@H](CCOCc1ccccc1)[C@@H](C)C(=O)C[C@H](O)[C@H](C)[C@H](OCOC)[C@H](C)[C@@H](O[Si](C)(C)C(C)(C)C)[C@H](C)CO[Si](c1ccccc1)(c1ccccc1)C(C)(C)C. The van der Waals surface area contributed by atoms with Crippen LogP contribution in [0.15, 0.2) is 91.0 Å². The van der Waals surface area contributed by atoms with Gasteiger partial charge in [0.2, 0.25) is 0 Å². The highest BCUT2D eigenvalue weighted by Gasteiger charge is 2.51. The lowest BCUT2D eigenvalue weighted by molar-refractivity contribution is -0.148. The number of aliphatic hydroxyl groups excluding tert-OH is 1. The molecule has 0 saturated heterocycles. The molecule has 0 spiro atoms. The van der Waals surface area contributed by atoms with E-state index < -0.39 is 49.0 Å². The highest BCUT2D eigenvalue weighted by molar-refractivity contribution is 6.99. The Morgan fingerprint density at radius 3 is 1.66 bits per heavy atom. The lowest BCUT2D eigenvalue weighted by atomic mass is 9.80. The van der Waals surface area contributed by atoms with Crippen LogP contribution in [0.2, 0.25) is 41.3 Å². The molecule has 8 nitrogen and oxygen atoms in total. The third kappa shape index (κ3) is 15.3. The molecule has 0 unspecified atom stereocenters. The fourth-order valence-corrected chi connectivity index (χ4v) is 18.3. The van der Waals surface area contributed by atoms with Gasteiger partial charge in [0.1, 0.15) is 12.6 Å². The van der Waals surface area contributed by atoms with Gasteiger partial charge in [0.05, 0.1) is 31.0 Å². The Balaban J connectivity index is 1.96. The summed E-state index contributed by atoms with van der Waals surface area (Å²) in [6, 6.07) is 34.6. The van der Waals surface area contributed by atoms with Crippen LogP contribution in [0.25, 0.3) is 0 Å². The second-order valence-corrected chi connectivity index (χ2v) is 35.1. The smallest absolute Gasteiger partial charge is 0.261 e. The zero-order valence-corrected chi connectivity index (χ0v) is 46.4. The molecule has 8 atom stereocenters. The van der Waals surface area contributed by atoms with Gasteiger partial charge < -0.3 is 32.6 Å². The molecule has 0 aliphatic rings. The van der Waals surface area contributed by atoms with Gasteiger partial charge in [0.15, 0.2) is 16.6 Å². The Labute approximate surface area is 399 Å². The van der Waals surface area contributed by atoms with Crippen LogP contribution in [0.3, 0.4) is 0 Å². The summed E-state index contributed by atoms with van der Waals surface area (Å²) in [7, 11) is -5.66. The van der Waals surface area contributed by atoms with Crippen molar-refractivity contribution in [1.82, 2.24) is 0 Å². The largest absolute Gasteiger partial charge is 0.413 e. The van der Waals surface area contributed by atoms with Crippen LogP contribution in [0.1, 0.15) is 108 Å². The molecule has 3 rings (SSSR count). The van der Waals surface area contributed by atoms with Gasteiger partial charge in [-0.25, -0.2) is 0 Å². The van der Waals surface area contributed by atoms with E-state index in [1.165, 1.54) is 10.4 Å². The van der Waals surface area contributed by atoms with Crippen LogP contribution in [-0.2, 0) is 38.9 Å². The third-order valence-electron chi connectivity index (χ3n) is 14.8. The van der Waals surface area contributed by atoms with Crippen LogP contribution >= 0.6 is 0 Å². The van der Waals surface area contributed by atoms with Gasteiger partial charge in [0, 0.05) is 50.4 Å². The van der Waals surface area contributed by atoms with Gasteiger partial charge in [-0.05, 0) is 63.7 Å². The summed E-state index contributed by atoms with van der Waals surface area (Å²) in [6.45, 7) is 34.8. The molecule has 0 saturated carbocycles. The summed E-state index contributed by atoms with van der Waals surface area (Å²) in [5.74, 6) is -1.10. The lowest BCUT2D eigenvalue weighted by Gasteiger charge is -2.47. The maximum absolute atomic E-state index is 14.4. The van der Waals surface area contributed by atoms with Crippen LogP contribution < -0.4 is 10.4 Å². The van der Waals surface area contributed by atoms with Crippen LogP contribution in [0, 0.1) is 23.7 Å². The van der Waals surface area contributed by atoms with Crippen molar-refractivity contribution in [3.05, 3.63) is 96.6 Å². The number of Topliss-reactive ketones (excluding diaryl/α,β-unsaturated/α-hetero) is 1. The van der Waals surface area contributed by atoms with Crippen LogP contribution in [0.4, 0.5) is 0 Å². The zero-order valence-electron chi connectivity index (χ0n) is 43.4. The molecule has 0 bridgehead atoms. The van der Waals surface area contributed by atoms with E-state index in [1.54, 1.807) is 7.11 Å². The number of aliphatic hydroxyl groups is 1. The Kier molecular flexibility index (Phi) is 22.7. The van der Waals surface area contributed by atoms with Gasteiger partial charge in [-0.1, -0.05) is 181 Å². The summed E-state index contributed by atoms with van der Waals surface area (Å²) in [4.78, 5) is 14.4. The molecule has 0 amide bonds. The molecule has 65 heavy (non-hydrogen) atoms. The van der Waals surface area contributed by atoms with Gasteiger partial charge in [-0.2, -0.15) is 0 Å². The molecule has 3 aromatic rings. The second kappa shape index (κ2) is 25.9. The van der Waals surface area contributed by atoms with Crippen molar-refractivity contribution in [2.24, 2.45) is 23.7 Å². The highest BCUT2D eigenvalue weighted by Crippen LogP contribution is 2.42. The van der Waals surface area contributed by atoms with E-state index in [1.807, 2.05) is 32.0 Å². The van der Waals surface area contributed by atoms with Crippen molar-refractivity contribution >= 4 is 41.1 Å². The average molecular weight is 952 g/mol. The minimum atomic E-state index is -2.85. The average Bonchev–Trinajstić information content (AvgIpc) is 3.28.